The van der Waals surface area contributed by atoms with Gasteiger partial charge in [0.1, 0.15) is 5.58 Å². The average molecular weight is 216 g/mol. The average Bonchev–Trinajstić information content (AvgIpc) is 2.26. The summed E-state index contributed by atoms with van der Waals surface area (Å²) in [4.78, 5) is 11.1. The third-order valence-electron chi connectivity index (χ3n) is 2.39. The van der Waals surface area contributed by atoms with Gasteiger partial charge in [0.15, 0.2) is 0 Å². The molecule has 2 rings (SSSR count). The van der Waals surface area contributed by atoms with Crippen molar-refractivity contribution in [3.63, 3.8) is 0 Å². The molecule has 0 fully saturated rings. The summed E-state index contributed by atoms with van der Waals surface area (Å²) in [5, 5.41) is 0.904. The normalized spacial score (nSPS) is 11.1. The highest BCUT2D eigenvalue weighted by Gasteiger charge is 2.01. The van der Waals surface area contributed by atoms with E-state index in [4.69, 9.17) is 9.15 Å². The lowest BCUT2D eigenvalue weighted by Crippen LogP contribution is -1.95. The number of benzene rings is 1. The Bertz CT molecular complexity index is 594. The molecule has 0 radical (unpaired) electrons. The molecule has 3 heteroatoms. The lowest BCUT2D eigenvalue weighted by Gasteiger charge is -2.02. The highest BCUT2D eigenvalue weighted by Crippen LogP contribution is 2.19. The van der Waals surface area contributed by atoms with Gasteiger partial charge in [-0.15, -0.1) is 0 Å². The fraction of sp³-hybridized carbons (Fsp3) is 0.154. The predicted molar refractivity (Wildman–Crippen MR) is 63.3 cm³/mol. The molecule has 1 heterocycles. The molecule has 0 aliphatic carbocycles. The van der Waals surface area contributed by atoms with E-state index in [2.05, 4.69) is 0 Å². The molecule has 0 aliphatic heterocycles. The van der Waals surface area contributed by atoms with E-state index in [0.717, 1.165) is 16.5 Å². The van der Waals surface area contributed by atoms with Crippen LogP contribution in [0.15, 0.2) is 39.7 Å². The summed E-state index contributed by atoms with van der Waals surface area (Å²) in [7, 11) is 1.60. The third kappa shape index (κ3) is 1.98. The Balaban J connectivity index is 2.62. The molecule has 0 atom stereocenters. The van der Waals surface area contributed by atoms with Gasteiger partial charge in [-0.2, -0.15) is 0 Å². The van der Waals surface area contributed by atoms with Crippen LogP contribution >= 0.6 is 0 Å². The molecule has 3 nitrogen and oxygen atoms in total. The van der Waals surface area contributed by atoms with Crippen molar-refractivity contribution in [2.24, 2.45) is 0 Å². The zero-order valence-electron chi connectivity index (χ0n) is 9.19. The monoisotopic (exact) mass is 216 g/mol. The quantitative estimate of drug-likeness (QED) is 0.572. The van der Waals surface area contributed by atoms with Crippen molar-refractivity contribution in [3.8, 4) is 0 Å². The van der Waals surface area contributed by atoms with Gasteiger partial charge >= 0.3 is 5.63 Å². The van der Waals surface area contributed by atoms with Gasteiger partial charge in [0.25, 0.3) is 0 Å². The maximum Gasteiger partial charge on any atom is 0.336 e. The largest absolute Gasteiger partial charge is 0.504 e. The number of hydrogen-bond acceptors (Lipinski definition) is 3. The second-order valence-electron chi connectivity index (χ2n) is 3.54. The molecule has 82 valence electrons. The van der Waals surface area contributed by atoms with Crippen LogP contribution in [0.25, 0.3) is 17.0 Å². The van der Waals surface area contributed by atoms with Crippen molar-refractivity contribution < 1.29 is 9.15 Å². The van der Waals surface area contributed by atoms with Crippen LogP contribution in [-0.2, 0) is 4.74 Å². The third-order valence-corrected chi connectivity index (χ3v) is 2.39. The molecule has 0 saturated heterocycles. The highest BCUT2D eigenvalue weighted by molar-refractivity contribution is 5.80. The summed E-state index contributed by atoms with van der Waals surface area (Å²) in [6.45, 7) is 1.96. The molecule has 1 aromatic heterocycles. The van der Waals surface area contributed by atoms with Crippen molar-refractivity contribution in [1.82, 2.24) is 0 Å². The van der Waals surface area contributed by atoms with Crippen molar-refractivity contribution in [3.05, 3.63) is 52.1 Å². The molecule has 0 aliphatic rings. The zero-order valence-corrected chi connectivity index (χ0v) is 9.19. The van der Waals surface area contributed by atoms with E-state index in [1.165, 1.54) is 6.07 Å². The van der Waals surface area contributed by atoms with Crippen LogP contribution < -0.4 is 5.63 Å². The van der Waals surface area contributed by atoms with Gasteiger partial charge in [-0.1, -0.05) is 0 Å². The lowest BCUT2D eigenvalue weighted by molar-refractivity contribution is 0.341. The Labute approximate surface area is 93.0 Å². The zero-order chi connectivity index (χ0) is 11.5. The van der Waals surface area contributed by atoms with Crippen LogP contribution in [0.3, 0.4) is 0 Å². The van der Waals surface area contributed by atoms with E-state index in [-0.39, 0.29) is 5.63 Å². The van der Waals surface area contributed by atoms with E-state index in [1.807, 2.05) is 25.1 Å². The molecular weight excluding hydrogens is 204 g/mol. The molecule has 0 saturated carbocycles. The van der Waals surface area contributed by atoms with Crippen molar-refractivity contribution >= 4 is 17.0 Å². The second kappa shape index (κ2) is 4.23. The first-order chi connectivity index (χ1) is 7.70. The van der Waals surface area contributed by atoms with Crippen molar-refractivity contribution in [2.45, 2.75) is 6.92 Å². The van der Waals surface area contributed by atoms with Gasteiger partial charge in [0.2, 0.25) is 0 Å². The molecule has 0 unspecified atom stereocenters. The molecule has 0 amide bonds. The maximum absolute atomic E-state index is 11.1. The van der Waals surface area contributed by atoms with E-state index in [0.29, 0.717) is 5.58 Å². The van der Waals surface area contributed by atoms with Crippen LogP contribution in [0, 0.1) is 6.92 Å². The van der Waals surface area contributed by atoms with Crippen LogP contribution in [0.2, 0.25) is 0 Å². The standard InChI is InChI=1S/C13H12O3/c1-9-7-12-11(3-4-13(14)16-12)8-10(9)5-6-15-2/h3-8H,1-2H3/b6-5-. The Morgan fingerprint density at radius 1 is 1.31 bits per heavy atom. The molecule has 0 spiro atoms. The number of aryl methyl sites for hydroxylation is 1. The van der Waals surface area contributed by atoms with Crippen LogP contribution in [0.5, 0.6) is 0 Å². The summed E-state index contributed by atoms with van der Waals surface area (Å²) in [6.07, 6.45) is 3.49. The van der Waals surface area contributed by atoms with Crippen LogP contribution in [0.1, 0.15) is 11.1 Å². The van der Waals surface area contributed by atoms with Gasteiger partial charge in [-0.05, 0) is 42.3 Å². The molecule has 1 aromatic carbocycles. The summed E-state index contributed by atoms with van der Waals surface area (Å²) in [5.41, 5.74) is 2.37. The van der Waals surface area contributed by atoms with E-state index in [1.54, 1.807) is 19.4 Å². The van der Waals surface area contributed by atoms with Gasteiger partial charge in [-0.25, -0.2) is 4.79 Å². The summed E-state index contributed by atoms with van der Waals surface area (Å²) >= 11 is 0. The Morgan fingerprint density at radius 2 is 2.12 bits per heavy atom. The van der Waals surface area contributed by atoms with Crippen LogP contribution in [-0.4, -0.2) is 7.11 Å². The number of rotatable bonds is 2. The first-order valence-electron chi connectivity index (χ1n) is 4.94. The molecule has 0 N–H and O–H groups in total. The number of fused-ring (bicyclic) bond motifs is 1. The first kappa shape index (κ1) is 10.5. The van der Waals surface area contributed by atoms with Crippen molar-refractivity contribution in [1.29, 1.82) is 0 Å². The van der Waals surface area contributed by atoms with Gasteiger partial charge in [-0.3, -0.25) is 0 Å². The summed E-state index contributed by atoms with van der Waals surface area (Å²) in [6, 6.07) is 6.99. The van der Waals surface area contributed by atoms with Gasteiger partial charge < -0.3 is 9.15 Å². The molecule has 2 aromatic rings. The minimum Gasteiger partial charge on any atom is -0.504 e. The molecular formula is C13H12O3. The van der Waals surface area contributed by atoms with Gasteiger partial charge in [0.05, 0.1) is 13.4 Å². The van der Waals surface area contributed by atoms with Gasteiger partial charge in [0, 0.05) is 11.5 Å². The van der Waals surface area contributed by atoms with Crippen LogP contribution in [0.4, 0.5) is 0 Å². The lowest BCUT2D eigenvalue weighted by atomic mass is 10.1. The second-order valence-corrected chi connectivity index (χ2v) is 3.54. The fourth-order valence-corrected chi connectivity index (χ4v) is 1.56. The molecule has 0 bridgehead atoms. The van der Waals surface area contributed by atoms with E-state index >= 15 is 0 Å². The predicted octanol–water partition coefficient (Wildman–Crippen LogP) is 2.72. The fourth-order valence-electron chi connectivity index (χ4n) is 1.56. The smallest absolute Gasteiger partial charge is 0.336 e. The topological polar surface area (TPSA) is 39.4 Å². The first-order valence-corrected chi connectivity index (χ1v) is 4.94. The summed E-state index contributed by atoms with van der Waals surface area (Å²) < 4.78 is 9.97. The SMILES string of the molecule is CO/C=C\c1cc2ccc(=O)oc2cc1C. The Morgan fingerprint density at radius 3 is 2.88 bits per heavy atom. The highest BCUT2D eigenvalue weighted by atomic mass is 16.5. The molecule has 16 heavy (non-hydrogen) atoms. The van der Waals surface area contributed by atoms with Crippen molar-refractivity contribution in [2.75, 3.05) is 7.11 Å². The van der Waals surface area contributed by atoms with E-state index < -0.39 is 0 Å². The Hall–Kier alpha value is -2.03. The number of ether oxygens (including phenoxy) is 1. The number of hydrogen-bond donors (Lipinski definition) is 0. The maximum atomic E-state index is 11.1. The Kier molecular flexibility index (Phi) is 2.77. The summed E-state index contributed by atoms with van der Waals surface area (Å²) in [5.74, 6) is 0. The number of methoxy groups -OCH3 is 1. The minimum atomic E-state index is -0.327. The minimum absolute atomic E-state index is 0.327. The van der Waals surface area contributed by atoms with E-state index in [9.17, 15) is 4.79 Å².